The number of carbonyl (C=O) groups excluding carboxylic acids is 1. The van der Waals surface area contributed by atoms with Gasteiger partial charge >= 0.3 is 0 Å². The summed E-state index contributed by atoms with van der Waals surface area (Å²) in [6, 6.07) is 21.4. The number of hydrogen-bond acceptors (Lipinski definition) is 3. The van der Waals surface area contributed by atoms with Crippen molar-refractivity contribution in [1.29, 1.82) is 0 Å². The molecule has 32 heavy (non-hydrogen) atoms. The van der Waals surface area contributed by atoms with Crippen molar-refractivity contribution >= 4 is 22.6 Å². The van der Waals surface area contributed by atoms with E-state index in [0.717, 1.165) is 33.4 Å². The summed E-state index contributed by atoms with van der Waals surface area (Å²) in [7, 11) is 0. The Labute approximate surface area is 186 Å². The summed E-state index contributed by atoms with van der Waals surface area (Å²) in [5.74, 6) is 1.07. The number of aromatic nitrogens is 4. The number of aryl methyl sites for hydroxylation is 3. The molecule has 0 aliphatic rings. The maximum Gasteiger partial charge on any atom is 0.256 e. The number of fused-ring (bicyclic) bond motifs is 1. The van der Waals surface area contributed by atoms with Crippen molar-refractivity contribution in [1.82, 2.24) is 19.3 Å². The van der Waals surface area contributed by atoms with Crippen molar-refractivity contribution in [2.24, 2.45) is 0 Å². The Balaban J connectivity index is 1.47. The highest BCUT2D eigenvalue weighted by Crippen LogP contribution is 2.24. The first-order valence-electron chi connectivity index (χ1n) is 10.5. The molecule has 0 aliphatic carbocycles. The van der Waals surface area contributed by atoms with Crippen LogP contribution in [-0.2, 0) is 0 Å². The van der Waals surface area contributed by atoms with Crippen LogP contribution in [0.15, 0.2) is 79.1 Å². The van der Waals surface area contributed by atoms with E-state index in [9.17, 15) is 4.79 Å². The molecule has 5 aromatic rings. The summed E-state index contributed by atoms with van der Waals surface area (Å²) < 4.78 is 3.69. The molecule has 0 spiro atoms. The summed E-state index contributed by atoms with van der Waals surface area (Å²) >= 11 is 0. The molecule has 3 aromatic heterocycles. The number of hydrogen-bond donors (Lipinski definition) is 1. The lowest BCUT2D eigenvalue weighted by Crippen LogP contribution is -2.15. The van der Waals surface area contributed by atoms with Crippen LogP contribution < -0.4 is 5.32 Å². The third-order valence-corrected chi connectivity index (χ3v) is 5.56. The molecule has 1 N–H and O–H groups in total. The van der Waals surface area contributed by atoms with E-state index in [2.05, 4.69) is 23.4 Å². The summed E-state index contributed by atoms with van der Waals surface area (Å²) in [5, 5.41) is 8.70. The van der Waals surface area contributed by atoms with Crippen LogP contribution in [0.1, 0.15) is 27.2 Å². The summed E-state index contributed by atoms with van der Waals surface area (Å²) in [5.41, 5.74) is 5.52. The van der Waals surface area contributed by atoms with Gasteiger partial charge in [-0.3, -0.25) is 4.79 Å². The average molecular weight is 422 g/mol. The minimum absolute atomic E-state index is 0.195. The largest absolute Gasteiger partial charge is 0.324 e. The Morgan fingerprint density at radius 1 is 0.875 bits per heavy atom. The Kier molecular flexibility index (Phi) is 4.82. The van der Waals surface area contributed by atoms with Crippen LogP contribution in [-0.4, -0.2) is 25.2 Å². The number of amides is 1. The van der Waals surface area contributed by atoms with E-state index >= 15 is 0 Å². The van der Waals surface area contributed by atoms with Gasteiger partial charge < -0.3 is 9.88 Å². The maximum atomic E-state index is 13.0. The highest BCUT2D eigenvalue weighted by atomic mass is 16.1. The molecule has 6 nitrogen and oxygen atoms in total. The number of carbonyl (C=O) groups is 1. The SMILES string of the molecule is Cc1cc(NC(=O)c2ccc(-n3cccc3)cc2)n(-c2cc(C)c3cccc(C)c3n2)n1. The third-order valence-electron chi connectivity index (χ3n) is 5.56. The van der Waals surface area contributed by atoms with Gasteiger partial charge in [0.15, 0.2) is 5.82 Å². The van der Waals surface area contributed by atoms with Crippen molar-refractivity contribution in [3.8, 4) is 11.5 Å². The minimum atomic E-state index is -0.195. The van der Waals surface area contributed by atoms with E-state index in [1.54, 1.807) is 4.68 Å². The lowest BCUT2D eigenvalue weighted by molar-refractivity contribution is 0.102. The van der Waals surface area contributed by atoms with Gasteiger partial charge in [-0.1, -0.05) is 18.2 Å². The monoisotopic (exact) mass is 421 g/mol. The molecule has 2 aromatic carbocycles. The molecule has 6 heteroatoms. The zero-order valence-corrected chi connectivity index (χ0v) is 18.2. The predicted molar refractivity (Wildman–Crippen MR) is 127 cm³/mol. The van der Waals surface area contributed by atoms with Crippen LogP contribution >= 0.6 is 0 Å². The third kappa shape index (κ3) is 3.56. The lowest BCUT2D eigenvalue weighted by Gasteiger charge is -2.12. The molecule has 0 radical (unpaired) electrons. The van der Waals surface area contributed by atoms with Crippen LogP contribution in [0.3, 0.4) is 0 Å². The van der Waals surface area contributed by atoms with Crippen molar-refractivity contribution in [3.63, 3.8) is 0 Å². The molecule has 5 rings (SSSR count). The first-order valence-corrected chi connectivity index (χ1v) is 10.5. The van der Waals surface area contributed by atoms with Crippen LogP contribution in [0.4, 0.5) is 5.82 Å². The number of para-hydroxylation sites is 1. The van der Waals surface area contributed by atoms with E-state index in [4.69, 9.17) is 4.98 Å². The molecular formula is C26H23N5O. The molecule has 0 fully saturated rings. The fourth-order valence-corrected chi connectivity index (χ4v) is 3.90. The molecular weight excluding hydrogens is 398 g/mol. The Bertz CT molecular complexity index is 1430. The summed E-state index contributed by atoms with van der Waals surface area (Å²) in [6.07, 6.45) is 3.94. The highest BCUT2D eigenvalue weighted by Gasteiger charge is 2.15. The van der Waals surface area contributed by atoms with Crippen LogP contribution in [0.25, 0.3) is 22.4 Å². The van der Waals surface area contributed by atoms with Crippen molar-refractivity contribution < 1.29 is 4.79 Å². The highest BCUT2D eigenvalue weighted by molar-refractivity contribution is 6.04. The predicted octanol–water partition coefficient (Wildman–Crippen LogP) is 5.39. The van der Waals surface area contributed by atoms with E-state index in [1.807, 2.05) is 91.5 Å². The topological polar surface area (TPSA) is 64.7 Å². The molecule has 0 bridgehead atoms. The number of pyridine rings is 1. The normalized spacial score (nSPS) is 11.1. The molecule has 0 atom stereocenters. The van der Waals surface area contributed by atoms with Crippen LogP contribution in [0, 0.1) is 20.8 Å². The van der Waals surface area contributed by atoms with Gasteiger partial charge in [0.25, 0.3) is 5.91 Å². The number of nitrogens with zero attached hydrogens (tertiary/aromatic N) is 4. The second-order valence-electron chi connectivity index (χ2n) is 7.94. The standard InChI is InChI=1S/C26H23N5O/c1-17-7-6-8-22-18(2)15-23(27-25(17)22)31-24(16-19(3)29-31)28-26(32)20-9-11-21(12-10-20)30-13-4-5-14-30/h4-16H,1-3H3,(H,28,32). The van der Waals surface area contributed by atoms with Gasteiger partial charge in [-0.05, 0) is 74.4 Å². The summed E-state index contributed by atoms with van der Waals surface area (Å²) in [4.78, 5) is 17.8. The Morgan fingerprint density at radius 2 is 1.62 bits per heavy atom. The van der Waals surface area contributed by atoms with Gasteiger partial charge in [0, 0.05) is 35.1 Å². The van der Waals surface area contributed by atoms with Crippen molar-refractivity contribution in [2.75, 3.05) is 5.32 Å². The smallest absolute Gasteiger partial charge is 0.256 e. The second-order valence-corrected chi connectivity index (χ2v) is 7.94. The van der Waals surface area contributed by atoms with E-state index in [0.29, 0.717) is 17.2 Å². The molecule has 0 saturated heterocycles. The van der Waals surface area contributed by atoms with Crippen LogP contribution in [0.5, 0.6) is 0 Å². The molecule has 1 amide bonds. The number of rotatable bonds is 4. The van der Waals surface area contributed by atoms with Crippen LogP contribution in [0.2, 0.25) is 0 Å². The van der Waals surface area contributed by atoms with Gasteiger partial charge in [0.05, 0.1) is 11.2 Å². The van der Waals surface area contributed by atoms with E-state index < -0.39 is 0 Å². The number of benzene rings is 2. The number of anilines is 1. The quantitative estimate of drug-likeness (QED) is 0.423. The molecule has 158 valence electrons. The van der Waals surface area contributed by atoms with Crippen molar-refractivity contribution in [2.45, 2.75) is 20.8 Å². The Hall–Kier alpha value is -4.19. The first-order chi connectivity index (χ1) is 15.5. The van der Waals surface area contributed by atoms with Gasteiger partial charge in [-0.25, -0.2) is 4.98 Å². The second kappa shape index (κ2) is 7.81. The van der Waals surface area contributed by atoms with Crippen molar-refractivity contribution in [3.05, 3.63) is 102 Å². The number of nitrogens with one attached hydrogen (secondary N) is 1. The molecule has 0 saturated carbocycles. The zero-order valence-electron chi connectivity index (χ0n) is 18.2. The maximum absolute atomic E-state index is 13.0. The lowest BCUT2D eigenvalue weighted by atomic mass is 10.1. The van der Waals surface area contributed by atoms with Gasteiger partial charge in [0.2, 0.25) is 0 Å². The first kappa shape index (κ1) is 19.8. The van der Waals surface area contributed by atoms with Gasteiger partial charge in [-0.15, -0.1) is 0 Å². The Morgan fingerprint density at radius 3 is 2.38 bits per heavy atom. The van der Waals surface area contributed by atoms with E-state index in [1.165, 1.54) is 0 Å². The zero-order chi connectivity index (χ0) is 22.2. The molecule has 0 unspecified atom stereocenters. The molecule has 0 aliphatic heterocycles. The minimum Gasteiger partial charge on any atom is -0.324 e. The average Bonchev–Trinajstić information content (AvgIpc) is 3.44. The fourth-order valence-electron chi connectivity index (χ4n) is 3.90. The molecule has 3 heterocycles. The fraction of sp³-hybridized carbons (Fsp3) is 0.115. The van der Waals surface area contributed by atoms with Gasteiger partial charge in [0.1, 0.15) is 5.82 Å². The van der Waals surface area contributed by atoms with E-state index in [-0.39, 0.29) is 5.91 Å². The van der Waals surface area contributed by atoms with Gasteiger partial charge in [-0.2, -0.15) is 9.78 Å². The summed E-state index contributed by atoms with van der Waals surface area (Å²) in [6.45, 7) is 6.01.